The van der Waals surface area contributed by atoms with Gasteiger partial charge in [0.25, 0.3) is 5.56 Å². The molecule has 1 amide bonds. The summed E-state index contributed by atoms with van der Waals surface area (Å²) in [5.41, 5.74) is 2.42. The van der Waals surface area contributed by atoms with Crippen molar-refractivity contribution in [3.63, 3.8) is 0 Å². The molecule has 3 rings (SSSR count). The van der Waals surface area contributed by atoms with Crippen LogP contribution in [0.15, 0.2) is 59.4 Å². The van der Waals surface area contributed by atoms with Crippen LogP contribution in [0.1, 0.15) is 5.56 Å². The number of nitrogens with zero attached hydrogens (tertiary/aromatic N) is 2. The van der Waals surface area contributed by atoms with Crippen molar-refractivity contribution >= 4 is 11.6 Å². The first kappa shape index (κ1) is 19.2. The van der Waals surface area contributed by atoms with Gasteiger partial charge in [-0.25, -0.2) is 4.68 Å². The van der Waals surface area contributed by atoms with Gasteiger partial charge in [-0.15, -0.1) is 0 Å². The number of hydrogen-bond acceptors (Lipinski definition) is 5. The summed E-state index contributed by atoms with van der Waals surface area (Å²) in [7, 11) is 3.10. The van der Waals surface area contributed by atoms with E-state index >= 15 is 0 Å². The number of carbonyl (C=O) groups is 1. The maximum atomic E-state index is 12.5. The van der Waals surface area contributed by atoms with E-state index in [1.807, 2.05) is 37.3 Å². The van der Waals surface area contributed by atoms with Gasteiger partial charge in [0.2, 0.25) is 5.91 Å². The number of anilines is 1. The van der Waals surface area contributed by atoms with E-state index in [1.165, 1.54) is 13.2 Å². The SMILES string of the molecule is COc1ccc(C)cc1NC(=O)Cn1nc(-c2ccccc2OC)ccc1=O. The standard InChI is InChI=1S/C21H21N3O4/c1-14-8-10-19(28-3)17(12-14)22-20(25)13-24-21(26)11-9-16(23-24)15-6-4-5-7-18(15)27-2/h4-12H,13H2,1-3H3,(H,22,25). The van der Waals surface area contributed by atoms with E-state index < -0.39 is 0 Å². The lowest BCUT2D eigenvalue weighted by Crippen LogP contribution is -2.29. The predicted octanol–water partition coefficient (Wildman–Crippen LogP) is 2.87. The first-order chi connectivity index (χ1) is 13.5. The number of aryl methyl sites for hydroxylation is 1. The highest BCUT2D eigenvalue weighted by Crippen LogP contribution is 2.27. The molecule has 2 aromatic carbocycles. The fourth-order valence-corrected chi connectivity index (χ4v) is 2.81. The molecule has 0 atom stereocenters. The molecule has 1 aromatic heterocycles. The molecule has 0 aliphatic heterocycles. The van der Waals surface area contributed by atoms with Crippen LogP contribution in [0, 0.1) is 6.92 Å². The van der Waals surface area contributed by atoms with Crippen LogP contribution in [0.3, 0.4) is 0 Å². The number of carbonyl (C=O) groups excluding carboxylic acids is 1. The van der Waals surface area contributed by atoms with Crippen molar-refractivity contribution in [3.8, 4) is 22.8 Å². The lowest BCUT2D eigenvalue weighted by Gasteiger charge is -2.12. The van der Waals surface area contributed by atoms with Crippen molar-refractivity contribution < 1.29 is 14.3 Å². The van der Waals surface area contributed by atoms with Crippen molar-refractivity contribution in [1.82, 2.24) is 9.78 Å². The Balaban J connectivity index is 1.86. The zero-order valence-corrected chi connectivity index (χ0v) is 15.9. The van der Waals surface area contributed by atoms with Crippen LogP contribution in [0.2, 0.25) is 0 Å². The van der Waals surface area contributed by atoms with Gasteiger partial charge in [0.15, 0.2) is 0 Å². The lowest BCUT2D eigenvalue weighted by molar-refractivity contribution is -0.117. The molecule has 0 radical (unpaired) electrons. The quantitative estimate of drug-likeness (QED) is 0.712. The molecule has 1 N–H and O–H groups in total. The Morgan fingerprint density at radius 3 is 2.54 bits per heavy atom. The Labute approximate surface area is 162 Å². The second kappa shape index (κ2) is 8.39. The minimum atomic E-state index is -0.379. The summed E-state index contributed by atoms with van der Waals surface area (Å²) >= 11 is 0. The molecule has 1 heterocycles. The summed E-state index contributed by atoms with van der Waals surface area (Å²) in [5.74, 6) is 0.798. The Bertz CT molecular complexity index is 1060. The molecule has 0 fully saturated rings. The molecular formula is C21H21N3O4. The van der Waals surface area contributed by atoms with Crippen molar-refractivity contribution in [3.05, 3.63) is 70.5 Å². The van der Waals surface area contributed by atoms with E-state index in [2.05, 4.69) is 10.4 Å². The molecule has 0 unspecified atom stereocenters. The smallest absolute Gasteiger partial charge is 0.267 e. The van der Waals surface area contributed by atoms with E-state index in [1.54, 1.807) is 25.3 Å². The number of para-hydroxylation sites is 1. The Morgan fingerprint density at radius 2 is 1.79 bits per heavy atom. The van der Waals surface area contributed by atoms with E-state index in [9.17, 15) is 9.59 Å². The largest absolute Gasteiger partial charge is 0.496 e. The third kappa shape index (κ3) is 4.20. The highest BCUT2D eigenvalue weighted by molar-refractivity contribution is 5.92. The zero-order chi connectivity index (χ0) is 20.1. The second-order valence-electron chi connectivity index (χ2n) is 6.17. The first-order valence-electron chi connectivity index (χ1n) is 8.68. The molecule has 0 spiro atoms. The minimum absolute atomic E-state index is 0.223. The predicted molar refractivity (Wildman–Crippen MR) is 107 cm³/mol. The highest BCUT2D eigenvalue weighted by Gasteiger charge is 2.12. The molecule has 7 heteroatoms. The van der Waals surface area contributed by atoms with Gasteiger partial charge in [-0.2, -0.15) is 5.10 Å². The maximum Gasteiger partial charge on any atom is 0.267 e. The molecule has 0 saturated heterocycles. The molecule has 0 aliphatic carbocycles. The van der Waals surface area contributed by atoms with Crippen molar-refractivity contribution in [2.75, 3.05) is 19.5 Å². The normalized spacial score (nSPS) is 10.4. The molecule has 0 bridgehead atoms. The van der Waals surface area contributed by atoms with Gasteiger partial charge in [-0.1, -0.05) is 18.2 Å². The minimum Gasteiger partial charge on any atom is -0.496 e. The lowest BCUT2D eigenvalue weighted by atomic mass is 10.1. The van der Waals surface area contributed by atoms with Crippen molar-refractivity contribution in [2.24, 2.45) is 0 Å². The van der Waals surface area contributed by atoms with Crippen LogP contribution in [-0.2, 0) is 11.3 Å². The number of benzene rings is 2. The summed E-state index contributed by atoms with van der Waals surface area (Å²) in [6.07, 6.45) is 0. The number of aromatic nitrogens is 2. The summed E-state index contributed by atoms with van der Waals surface area (Å²) < 4.78 is 11.7. The zero-order valence-electron chi connectivity index (χ0n) is 15.9. The fraction of sp³-hybridized carbons (Fsp3) is 0.190. The van der Waals surface area contributed by atoms with Gasteiger partial charge in [0, 0.05) is 11.6 Å². The molecule has 144 valence electrons. The number of amides is 1. The van der Waals surface area contributed by atoms with Crippen molar-refractivity contribution in [1.29, 1.82) is 0 Å². The van der Waals surface area contributed by atoms with E-state index in [0.717, 1.165) is 15.8 Å². The topological polar surface area (TPSA) is 82.4 Å². The number of nitrogens with one attached hydrogen (secondary N) is 1. The molecule has 3 aromatic rings. The van der Waals surface area contributed by atoms with Gasteiger partial charge in [-0.05, 0) is 42.8 Å². The van der Waals surface area contributed by atoms with Crippen LogP contribution >= 0.6 is 0 Å². The Kier molecular flexibility index (Phi) is 5.74. The first-order valence-corrected chi connectivity index (χ1v) is 8.68. The number of rotatable bonds is 6. The van der Waals surface area contributed by atoms with Gasteiger partial charge in [0.1, 0.15) is 18.0 Å². The number of methoxy groups -OCH3 is 2. The average Bonchev–Trinajstić information content (AvgIpc) is 2.70. The third-order valence-corrected chi connectivity index (χ3v) is 4.17. The van der Waals surface area contributed by atoms with Crippen LogP contribution < -0.4 is 20.3 Å². The highest BCUT2D eigenvalue weighted by atomic mass is 16.5. The molecule has 0 saturated carbocycles. The summed E-state index contributed by atoms with van der Waals surface area (Å²) in [6.45, 7) is 1.69. The molecular weight excluding hydrogens is 358 g/mol. The summed E-state index contributed by atoms with van der Waals surface area (Å²) in [4.78, 5) is 24.7. The summed E-state index contributed by atoms with van der Waals surface area (Å²) in [6, 6.07) is 15.8. The molecule has 7 nitrogen and oxygen atoms in total. The molecule has 28 heavy (non-hydrogen) atoms. The van der Waals surface area contributed by atoms with Crippen molar-refractivity contribution in [2.45, 2.75) is 13.5 Å². The third-order valence-electron chi connectivity index (χ3n) is 4.17. The average molecular weight is 379 g/mol. The maximum absolute atomic E-state index is 12.5. The van der Waals surface area contributed by atoms with Gasteiger partial charge >= 0.3 is 0 Å². The summed E-state index contributed by atoms with van der Waals surface area (Å²) in [5, 5.41) is 7.10. The van der Waals surface area contributed by atoms with Gasteiger partial charge in [-0.3, -0.25) is 9.59 Å². The molecule has 0 aliphatic rings. The second-order valence-corrected chi connectivity index (χ2v) is 6.17. The van der Waals surface area contributed by atoms with E-state index in [-0.39, 0.29) is 18.0 Å². The van der Waals surface area contributed by atoms with Gasteiger partial charge < -0.3 is 14.8 Å². The Hall–Kier alpha value is -3.61. The van der Waals surface area contributed by atoms with Crippen LogP contribution in [0.5, 0.6) is 11.5 Å². The van der Waals surface area contributed by atoms with E-state index in [4.69, 9.17) is 9.47 Å². The van der Waals surface area contributed by atoms with Crippen LogP contribution in [-0.4, -0.2) is 29.9 Å². The number of ether oxygens (including phenoxy) is 2. The van der Waals surface area contributed by atoms with E-state index in [0.29, 0.717) is 22.9 Å². The Morgan fingerprint density at radius 1 is 1.04 bits per heavy atom. The van der Waals surface area contributed by atoms with Crippen LogP contribution in [0.25, 0.3) is 11.3 Å². The number of hydrogen-bond donors (Lipinski definition) is 1. The van der Waals surface area contributed by atoms with Gasteiger partial charge in [0.05, 0.1) is 25.6 Å². The fourth-order valence-electron chi connectivity index (χ4n) is 2.81. The van der Waals surface area contributed by atoms with Crippen LogP contribution in [0.4, 0.5) is 5.69 Å². The monoisotopic (exact) mass is 379 g/mol.